The molecule has 0 radical (unpaired) electrons. The van der Waals surface area contributed by atoms with Crippen LogP contribution >= 0.6 is 11.6 Å². The number of benzene rings is 2. The summed E-state index contributed by atoms with van der Waals surface area (Å²) in [5, 5.41) is 9.54. The SMILES string of the molecule is COc1ccc(F)cc1-c1cc(Cl)ccc1C(=O)O. The van der Waals surface area contributed by atoms with E-state index < -0.39 is 11.8 Å². The minimum absolute atomic E-state index is 0.0355. The molecule has 0 saturated heterocycles. The maximum atomic E-state index is 13.4. The second-order valence-electron chi connectivity index (χ2n) is 3.84. The van der Waals surface area contributed by atoms with E-state index in [4.69, 9.17) is 16.3 Å². The van der Waals surface area contributed by atoms with Crippen LogP contribution in [-0.4, -0.2) is 18.2 Å². The number of hydrogen-bond donors (Lipinski definition) is 1. The van der Waals surface area contributed by atoms with E-state index >= 15 is 0 Å². The molecule has 2 rings (SSSR count). The predicted molar refractivity (Wildman–Crippen MR) is 70.4 cm³/mol. The Labute approximate surface area is 114 Å². The predicted octanol–water partition coefficient (Wildman–Crippen LogP) is 3.85. The fourth-order valence-corrected chi connectivity index (χ4v) is 1.99. The highest BCUT2D eigenvalue weighted by atomic mass is 35.5. The molecule has 0 saturated carbocycles. The zero-order chi connectivity index (χ0) is 14.0. The molecule has 0 aliphatic carbocycles. The van der Waals surface area contributed by atoms with Gasteiger partial charge in [0.05, 0.1) is 12.7 Å². The molecule has 0 spiro atoms. The van der Waals surface area contributed by atoms with Crippen LogP contribution in [0.5, 0.6) is 5.75 Å². The molecule has 0 amide bonds. The van der Waals surface area contributed by atoms with Gasteiger partial charge in [-0.2, -0.15) is 0 Å². The minimum atomic E-state index is -1.11. The number of ether oxygens (including phenoxy) is 1. The van der Waals surface area contributed by atoms with Gasteiger partial charge in [-0.1, -0.05) is 11.6 Å². The van der Waals surface area contributed by atoms with Crippen molar-refractivity contribution in [1.82, 2.24) is 0 Å². The molecule has 0 unspecified atom stereocenters. The van der Waals surface area contributed by atoms with Crippen molar-refractivity contribution >= 4 is 17.6 Å². The van der Waals surface area contributed by atoms with E-state index in [0.717, 1.165) is 0 Å². The summed E-state index contributed by atoms with van der Waals surface area (Å²) in [4.78, 5) is 11.2. The largest absolute Gasteiger partial charge is 0.496 e. The van der Waals surface area contributed by atoms with Crippen LogP contribution < -0.4 is 4.74 Å². The van der Waals surface area contributed by atoms with Gasteiger partial charge in [0, 0.05) is 16.1 Å². The van der Waals surface area contributed by atoms with Gasteiger partial charge in [0.25, 0.3) is 0 Å². The second-order valence-corrected chi connectivity index (χ2v) is 4.28. The number of carbonyl (C=O) groups is 1. The summed E-state index contributed by atoms with van der Waals surface area (Å²) in [7, 11) is 1.43. The summed E-state index contributed by atoms with van der Waals surface area (Å²) in [6.07, 6.45) is 0. The molecular weight excluding hydrogens is 271 g/mol. The van der Waals surface area contributed by atoms with E-state index in [1.807, 2.05) is 0 Å². The van der Waals surface area contributed by atoms with Crippen molar-refractivity contribution < 1.29 is 19.0 Å². The van der Waals surface area contributed by atoms with Gasteiger partial charge in [0.15, 0.2) is 0 Å². The van der Waals surface area contributed by atoms with E-state index in [1.165, 1.54) is 43.5 Å². The minimum Gasteiger partial charge on any atom is -0.496 e. The fourth-order valence-electron chi connectivity index (χ4n) is 1.82. The molecule has 19 heavy (non-hydrogen) atoms. The Morgan fingerprint density at radius 3 is 2.58 bits per heavy atom. The zero-order valence-corrected chi connectivity index (χ0v) is 10.7. The quantitative estimate of drug-likeness (QED) is 0.929. The molecule has 1 N–H and O–H groups in total. The van der Waals surface area contributed by atoms with Gasteiger partial charge in [0.1, 0.15) is 11.6 Å². The average Bonchev–Trinajstić information content (AvgIpc) is 2.38. The second kappa shape index (κ2) is 5.28. The smallest absolute Gasteiger partial charge is 0.336 e. The number of halogens is 2. The van der Waals surface area contributed by atoms with Gasteiger partial charge in [0.2, 0.25) is 0 Å². The van der Waals surface area contributed by atoms with Gasteiger partial charge < -0.3 is 9.84 Å². The van der Waals surface area contributed by atoms with Gasteiger partial charge in [-0.15, -0.1) is 0 Å². The summed E-state index contributed by atoms with van der Waals surface area (Å²) in [5.41, 5.74) is 0.701. The molecule has 0 bridgehead atoms. The van der Waals surface area contributed by atoms with E-state index in [9.17, 15) is 14.3 Å². The van der Waals surface area contributed by atoms with Crippen molar-refractivity contribution in [2.24, 2.45) is 0 Å². The van der Waals surface area contributed by atoms with Crippen LogP contribution in [0, 0.1) is 5.82 Å². The highest BCUT2D eigenvalue weighted by Crippen LogP contribution is 2.34. The van der Waals surface area contributed by atoms with Crippen LogP contribution in [-0.2, 0) is 0 Å². The first-order chi connectivity index (χ1) is 9.02. The third-order valence-electron chi connectivity index (χ3n) is 2.66. The third-order valence-corrected chi connectivity index (χ3v) is 2.90. The molecule has 0 fully saturated rings. The van der Waals surface area contributed by atoms with Gasteiger partial charge >= 0.3 is 5.97 Å². The molecule has 0 atom stereocenters. The molecule has 3 nitrogen and oxygen atoms in total. The molecule has 98 valence electrons. The normalized spacial score (nSPS) is 10.3. The van der Waals surface area contributed by atoms with Crippen molar-refractivity contribution in [3.63, 3.8) is 0 Å². The topological polar surface area (TPSA) is 46.5 Å². The Morgan fingerprint density at radius 1 is 1.21 bits per heavy atom. The van der Waals surface area contributed by atoms with Crippen LogP contribution in [0.15, 0.2) is 36.4 Å². The third kappa shape index (κ3) is 2.69. The van der Waals surface area contributed by atoms with E-state index in [2.05, 4.69) is 0 Å². The average molecular weight is 281 g/mol. The maximum Gasteiger partial charge on any atom is 0.336 e. The Morgan fingerprint density at radius 2 is 1.95 bits per heavy atom. The summed E-state index contributed by atoms with van der Waals surface area (Å²) in [5.74, 6) is -1.21. The molecular formula is C14H10ClFO3. The molecule has 2 aromatic rings. The number of methoxy groups -OCH3 is 1. The standard InChI is InChI=1S/C14H10ClFO3/c1-19-13-5-3-9(16)7-12(13)11-6-8(15)2-4-10(11)14(17)18/h2-7H,1H3,(H,17,18). The van der Waals surface area contributed by atoms with Crippen LogP contribution in [0.4, 0.5) is 4.39 Å². The molecule has 0 aliphatic rings. The van der Waals surface area contributed by atoms with E-state index in [-0.39, 0.29) is 5.56 Å². The lowest BCUT2D eigenvalue weighted by Crippen LogP contribution is -2.00. The molecule has 2 aromatic carbocycles. The maximum absolute atomic E-state index is 13.4. The van der Waals surface area contributed by atoms with Crippen molar-refractivity contribution in [2.75, 3.05) is 7.11 Å². The summed E-state index contributed by atoms with van der Waals surface area (Å²) in [6.45, 7) is 0. The number of rotatable bonds is 3. The van der Waals surface area contributed by atoms with Crippen molar-refractivity contribution in [3.8, 4) is 16.9 Å². The van der Waals surface area contributed by atoms with Crippen LogP contribution in [0.3, 0.4) is 0 Å². The Balaban J connectivity index is 2.73. The highest BCUT2D eigenvalue weighted by molar-refractivity contribution is 6.31. The lowest BCUT2D eigenvalue weighted by Gasteiger charge is -2.11. The number of hydrogen-bond acceptors (Lipinski definition) is 2. The van der Waals surface area contributed by atoms with Crippen LogP contribution in [0.2, 0.25) is 5.02 Å². The first-order valence-corrected chi connectivity index (χ1v) is 5.77. The lowest BCUT2D eigenvalue weighted by molar-refractivity contribution is 0.0697. The summed E-state index contributed by atoms with van der Waals surface area (Å²) < 4.78 is 18.5. The van der Waals surface area contributed by atoms with Crippen molar-refractivity contribution in [1.29, 1.82) is 0 Å². The Kier molecular flexibility index (Phi) is 3.71. The highest BCUT2D eigenvalue weighted by Gasteiger charge is 2.16. The van der Waals surface area contributed by atoms with Crippen LogP contribution in [0.25, 0.3) is 11.1 Å². The van der Waals surface area contributed by atoms with E-state index in [1.54, 1.807) is 0 Å². The molecule has 5 heteroatoms. The first-order valence-electron chi connectivity index (χ1n) is 5.39. The lowest BCUT2D eigenvalue weighted by atomic mass is 9.98. The van der Waals surface area contributed by atoms with E-state index in [0.29, 0.717) is 21.9 Å². The van der Waals surface area contributed by atoms with Gasteiger partial charge in [-0.05, 0) is 36.4 Å². The van der Waals surface area contributed by atoms with Gasteiger partial charge in [-0.25, -0.2) is 9.18 Å². The first kappa shape index (κ1) is 13.4. The number of aromatic carboxylic acids is 1. The summed E-state index contributed by atoms with van der Waals surface area (Å²) in [6, 6.07) is 8.23. The number of carboxylic acid groups (broad SMARTS) is 1. The zero-order valence-electron chi connectivity index (χ0n) is 9.98. The Bertz CT molecular complexity index is 641. The van der Waals surface area contributed by atoms with Gasteiger partial charge in [-0.3, -0.25) is 0 Å². The molecule has 0 heterocycles. The molecule has 0 aliphatic heterocycles. The molecule has 0 aromatic heterocycles. The Hall–Kier alpha value is -2.07. The monoisotopic (exact) mass is 280 g/mol. The summed E-state index contributed by atoms with van der Waals surface area (Å²) >= 11 is 5.88. The number of carboxylic acids is 1. The van der Waals surface area contributed by atoms with Crippen molar-refractivity contribution in [3.05, 3.63) is 52.8 Å². The fraction of sp³-hybridized carbons (Fsp3) is 0.0714. The van der Waals surface area contributed by atoms with Crippen LogP contribution in [0.1, 0.15) is 10.4 Å². The van der Waals surface area contributed by atoms with Crippen molar-refractivity contribution in [2.45, 2.75) is 0 Å².